The fourth-order valence-corrected chi connectivity index (χ4v) is 3.17. The molecule has 1 aromatic heterocycles. The third-order valence-corrected chi connectivity index (χ3v) is 4.74. The first-order valence-corrected chi connectivity index (χ1v) is 10.0. The van der Waals surface area contributed by atoms with E-state index in [2.05, 4.69) is 45.0 Å². The molecule has 1 aliphatic rings. The standard InChI is InChI=1S/C21H31N5O2.HI/c1-22-21(23-9-3-11-26-12-4-10-25-26)24-16-18-5-2-6-19(15-18)17-28-20-7-13-27-14-8-20;/h2,4-6,10,12,15,20H,3,7-9,11,13-14,16-17H2,1H3,(H2,22,23,24);1H. The highest BCUT2D eigenvalue weighted by atomic mass is 127. The summed E-state index contributed by atoms with van der Waals surface area (Å²) in [5.74, 6) is 0.810. The second kappa shape index (κ2) is 13.6. The van der Waals surface area contributed by atoms with Crippen LogP contribution in [0.1, 0.15) is 30.4 Å². The second-order valence-electron chi connectivity index (χ2n) is 6.92. The first-order chi connectivity index (χ1) is 13.8. The van der Waals surface area contributed by atoms with Crippen molar-refractivity contribution in [2.45, 2.75) is 45.1 Å². The Morgan fingerprint density at radius 3 is 2.83 bits per heavy atom. The largest absolute Gasteiger partial charge is 0.381 e. The molecule has 0 aliphatic carbocycles. The van der Waals surface area contributed by atoms with Crippen LogP contribution in [0.3, 0.4) is 0 Å². The van der Waals surface area contributed by atoms with Crippen LogP contribution in [0.4, 0.5) is 0 Å². The maximum atomic E-state index is 6.02. The smallest absolute Gasteiger partial charge is 0.191 e. The van der Waals surface area contributed by atoms with Gasteiger partial charge in [-0.25, -0.2) is 0 Å². The number of aromatic nitrogens is 2. The Morgan fingerprint density at radius 1 is 1.24 bits per heavy atom. The average Bonchev–Trinajstić information content (AvgIpc) is 3.26. The third-order valence-electron chi connectivity index (χ3n) is 4.74. The number of hydrogen-bond acceptors (Lipinski definition) is 4. The number of ether oxygens (including phenoxy) is 2. The monoisotopic (exact) mass is 513 g/mol. The quantitative estimate of drug-likeness (QED) is 0.234. The molecule has 0 unspecified atom stereocenters. The van der Waals surface area contributed by atoms with Crippen molar-refractivity contribution in [2.24, 2.45) is 4.99 Å². The summed E-state index contributed by atoms with van der Waals surface area (Å²) in [7, 11) is 1.79. The van der Waals surface area contributed by atoms with E-state index in [-0.39, 0.29) is 24.0 Å². The second-order valence-corrected chi connectivity index (χ2v) is 6.92. The van der Waals surface area contributed by atoms with Gasteiger partial charge in [0.15, 0.2) is 5.96 Å². The maximum Gasteiger partial charge on any atom is 0.191 e. The van der Waals surface area contributed by atoms with Crippen LogP contribution in [0.15, 0.2) is 47.7 Å². The molecule has 29 heavy (non-hydrogen) atoms. The zero-order valence-corrected chi connectivity index (χ0v) is 19.4. The first-order valence-electron chi connectivity index (χ1n) is 10.0. The minimum Gasteiger partial charge on any atom is -0.381 e. The zero-order chi connectivity index (χ0) is 19.4. The summed E-state index contributed by atoms with van der Waals surface area (Å²) >= 11 is 0. The van der Waals surface area contributed by atoms with Crippen molar-refractivity contribution in [3.63, 3.8) is 0 Å². The first kappa shape index (κ1) is 23.6. The van der Waals surface area contributed by atoms with E-state index in [0.717, 1.165) is 58.1 Å². The lowest BCUT2D eigenvalue weighted by Gasteiger charge is -2.22. The molecule has 7 nitrogen and oxygen atoms in total. The molecule has 3 rings (SSSR count). The van der Waals surface area contributed by atoms with E-state index in [1.54, 1.807) is 13.2 Å². The minimum atomic E-state index is 0. The van der Waals surface area contributed by atoms with E-state index in [0.29, 0.717) is 12.7 Å². The molecule has 1 aliphatic heterocycles. The van der Waals surface area contributed by atoms with Crippen LogP contribution < -0.4 is 10.6 Å². The normalized spacial score (nSPS) is 15.0. The Kier molecular flexibility index (Phi) is 11.0. The summed E-state index contributed by atoms with van der Waals surface area (Å²) in [4.78, 5) is 4.29. The van der Waals surface area contributed by atoms with Gasteiger partial charge in [-0.15, -0.1) is 24.0 Å². The highest BCUT2D eigenvalue weighted by molar-refractivity contribution is 14.0. The van der Waals surface area contributed by atoms with Gasteiger partial charge >= 0.3 is 0 Å². The van der Waals surface area contributed by atoms with Crippen molar-refractivity contribution in [2.75, 3.05) is 26.8 Å². The fraction of sp³-hybridized carbons (Fsp3) is 0.524. The SMILES string of the molecule is CN=C(NCCCn1cccn1)NCc1cccc(COC2CCOCC2)c1.I. The van der Waals surface area contributed by atoms with Gasteiger partial charge in [-0.1, -0.05) is 24.3 Å². The molecule has 2 aromatic rings. The van der Waals surface area contributed by atoms with Crippen molar-refractivity contribution in [1.82, 2.24) is 20.4 Å². The van der Waals surface area contributed by atoms with Gasteiger partial charge in [0.05, 0.1) is 12.7 Å². The lowest BCUT2D eigenvalue weighted by Crippen LogP contribution is -2.37. The third kappa shape index (κ3) is 8.71. The molecule has 160 valence electrons. The molecule has 0 bridgehead atoms. The molecule has 0 spiro atoms. The summed E-state index contributed by atoms with van der Waals surface area (Å²) in [6.45, 7) is 4.74. The van der Waals surface area contributed by atoms with E-state index in [1.807, 2.05) is 16.9 Å². The average molecular weight is 513 g/mol. The number of hydrogen-bond donors (Lipinski definition) is 2. The van der Waals surface area contributed by atoms with Gasteiger partial charge < -0.3 is 20.1 Å². The Hall–Kier alpha value is -1.65. The number of aliphatic imine (C=N–C) groups is 1. The predicted molar refractivity (Wildman–Crippen MR) is 126 cm³/mol. The van der Waals surface area contributed by atoms with Gasteiger partial charge in [0.1, 0.15) is 0 Å². The molecule has 0 saturated carbocycles. The Morgan fingerprint density at radius 2 is 2.07 bits per heavy atom. The van der Waals surface area contributed by atoms with Gasteiger partial charge in [0.2, 0.25) is 0 Å². The summed E-state index contributed by atoms with van der Waals surface area (Å²) in [6, 6.07) is 10.5. The molecule has 0 amide bonds. The fourth-order valence-electron chi connectivity index (χ4n) is 3.17. The van der Waals surface area contributed by atoms with Crippen molar-refractivity contribution >= 4 is 29.9 Å². The molecular formula is C21H32IN5O2. The molecule has 0 atom stereocenters. The number of nitrogens with one attached hydrogen (secondary N) is 2. The van der Waals surface area contributed by atoms with Crippen LogP contribution in [-0.4, -0.2) is 48.7 Å². The Bertz CT molecular complexity index is 718. The van der Waals surface area contributed by atoms with Crippen molar-refractivity contribution in [1.29, 1.82) is 0 Å². The summed E-state index contributed by atoms with van der Waals surface area (Å²) in [6.07, 6.45) is 7.07. The highest BCUT2D eigenvalue weighted by Crippen LogP contribution is 2.14. The van der Waals surface area contributed by atoms with Crippen molar-refractivity contribution < 1.29 is 9.47 Å². The molecule has 2 heterocycles. The number of benzene rings is 1. The van der Waals surface area contributed by atoms with Crippen LogP contribution in [0.25, 0.3) is 0 Å². The molecule has 8 heteroatoms. The molecule has 1 fully saturated rings. The van der Waals surface area contributed by atoms with E-state index >= 15 is 0 Å². The van der Waals surface area contributed by atoms with Gasteiger partial charge in [-0.3, -0.25) is 9.67 Å². The number of aryl methyl sites for hydroxylation is 1. The lowest BCUT2D eigenvalue weighted by atomic mass is 10.1. The van der Waals surface area contributed by atoms with Crippen LogP contribution in [-0.2, 0) is 29.2 Å². The topological polar surface area (TPSA) is 72.7 Å². The van der Waals surface area contributed by atoms with E-state index in [9.17, 15) is 0 Å². The highest BCUT2D eigenvalue weighted by Gasteiger charge is 2.14. The van der Waals surface area contributed by atoms with E-state index < -0.39 is 0 Å². The molecule has 1 aromatic carbocycles. The van der Waals surface area contributed by atoms with Gasteiger partial charge in [0, 0.05) is 52.3 Å². The molecular weight excluding hydrogens is 481 g/mol. The number of rotatable bonds is 9. The van der Waals surface area contributed by atoms with E-state index in [1.165, 1.54) is 11.1 Å². The van der Waals surface area contributed by atoms with Crippen molar-refractivity contribution in [3.8, 4) is 0 Å². The Balaban J connectivity index is 0.00000300. The molecule has 0 radical (unpaired) electrons. The van der Waals surface area contributed by atoms with Crippen LogP contribution in [0.5, 0.6) is 0 Å². The van der Waals surface area contributed by atoms with Gasteiger partial charge in [-0.05, 0) is 36.5 Å². The zero-order valence-electron chi connectivity index (χ0n) is 17.0. The summed E-state index contributed by atoms with van der Waals surface area (Å²) in [5, 5.41) is 10.9. The van der Waals surface area contributed by atoms with Gasteiger partial charge in [-0.2, -0.15) is 5.10 Å². The van der Waals surface area contributed by atoms with Crippen LogP contribution in [0.2, 0.25) is 0 Å². The van der Waals surface area contributed by atoms with Gasteiger partial charge in [0.25, 0.3) is 0 Å². The Labute approximate surface area is 190 Å². The van der Waals surface area contributed by atoms with E-state index in [4.69, 9.17) is 9.47 Å². The lowest BCUT2D eigenvalue weighted by molar-refractivity contribution is -0.0390. The predicted octanol–water partition coefficient (Wildman–Crippen LogP) is 2.95. The summed E-state index contributed by atoms with van der Waals surface area (Å²) < 4.78 is 13.3. The van der Waals surface area contributed by atoms with Crippen LogP contribution >= 0.6 is 24.0 Å². The molecule has 1 saturated heterocycles. The number of nitrogens with zero attached hydrogens (tertiary/aromatic N) is 3. The molecule has 2 N–H and O–H groups in total. The summed E-state index contributed by atoms with van der Waals surface area (Å²) in [5.41, 5.74) is 2.42. The maximum absolute atomic E-state index is 6.02. The van der Waals surface area contributed by atoms with Crippen LogP contribution in [0, 0.1) is 0 Å². The number of guanidine groups is 1. The van der Waals surface area contributed by atoms with Crippen molar-refractivity contribution in [3.05, 3.63) is 53.9 Å². The number of halogens is 1. The minimum absolute atomic E-state index is 0.